The molecule has 3 rings (SSSR count). The summed E-state index contributed by atoms with van der Waals surface area (Å²) in [6.07, 6.45) is 2.32. The van der Waals surface area contributed by atoms with Crippen molar-refractivity contribution in [2.24, 2.45) is 5.73 Å². The van der Waals surface area contributed by atoms with Crippen molar-refractivity contribution in [3.8, 4) is 11.5 Å². The van der Waals surface area contributed by atoms with E-state index in [2.05, 4.69) is 0 Å². The van der Waals surface area contributed by atoms with Gasteiger partial charge in [0.05, 0.1) is 7.11 Å². The van der Waals surface area contributed by atoms with Gasteiger partial charge in [0.1, 0.15) is 12.4 Å². The predicted molar refractivity (Wildman–Crippen MR) is 83.6 cm³/mol. The monoisotopic (exact) mass is 301 g/mol. The summed E-state index contributed by atoms with van der Waals surface area (Å²) in [6, 6.07) is 13.0. The molecular formula is C18H20FNO2. The molecular weight excluding hydrogens is 281 g/mol. The first-order chi connectivity index (χ1) is 10.6. The zero-order valence-electron chi connectivity index (χ0n) is 12.6. The van der Waals surface area contributed by atoms with Crippen LogP contribution < -0.4 is 15.2 Å². The van der Waals surface area contributed by atoms with Gasteiger partial charge in [0.25, 0.3) is 0 Å². The van der Waals surface area contributed by atoms with Gasteiger partial charge in [0.2, 0.25) is 0 Å². The molecule has 1 fully saturated rings. The highest BCUT2D eigenvalue weighted by atomic mass is 19.1. The molecule has 1 aliphatic carbocycles. The van der Waals surface area contributed by atoms with E-state index < -0.39 is 0 Å². The van der Waals surface area contributed by atoms with Gasteiger partial charge in [-0.1, -0.05) is 30.3 Å². The zero-order chi connectivity index (χ0) is 15.6. The minimum Gasteiger partial charge on any atom is -0.496 e. The second-order valence-corrected chi connectivity index (χ2v) is 5.87. The number of hydrogen-bond donors (Lipinski definition) is 1. The molecule has 0 aliphatic heterocycles. The summed E-state index contributed by atoms with van der Waals surface area (Å²) in [7, 11) is 1.54. The van der Waals surface area contributed by atoms with Crippen molar-refractivity contribution in [2.45, 2.75) is 31.4 Å². The first-order valence-corrected chi connectivity index (χ1v) is 7.42. The van der Waals surface area contributed by atoms with E-state index in [0.29, 0.717) is 24.3 Å². The molecule has 1 aliphatic rings. The van der Waals surface area contributed by atoms with Gasteiger partial charge in [-0.2, -0.15) is 0 Å². The van der Waals surface area contributed by atoms with E-state index in [1.165, 1.54) is 0 Å². The summed E-state index contributed by atoms with van der Waals surface area (Å²) in [5, 5.41) is 0. The van der Waals surface area contributed by atoms with E-state index in [-0.39, 0.29) is 17.1 Å². The van der Waals surface area contributed by atoms with E-state index in [9.17, 15) is 4.39 Å². The fraction of sp³-hybridized carbons (Fsp3) is 0.333. The fourth-order valence-corrected chi connectivity index (χ4v) is 2.47. The molecule has 0 atom stereocenters. The molecule has 2 aromatic carbocycles. The van der Waals surface area contributed by atoms with Crippen LogP contribution in [-0.4, -0.2) is 12.6 Å². The van der Waals surface area contributed by atoms with Gasteiger partial charge in [-0.05, 0) is 37.0 Å². The highest BCUT2D eigenvalue weighted by Crippen LogP contribution is 2.40. The first-order valence-electron chi connectivity index (χ1n) is 7.42. The Bertz CT molecular complexity index is 654. The lowest BCUT2D eigenvalue weighted by atomic mass is 10.0. The number of benzene rings is 2. The summed E-state index contributed by atoms with van der Waals surface area (Å²) in [5.41, 5.74) is 7.34. The summed E-state index contributed by atoms with van der Waals surface area (Å²) in [4.78, 5) is 0. The smallest absolute Gasteiger partial charge is 0.172 e. The number of nitrogens with two attached hydrogens (primary N) is 1. The maximum Gasteiger partial charge on any atom is 0.172 e. The van der Waals surface area contributed by atoms with E-state index in [4.69, 9.17) is 15.2 Å². The van der Waals surface area contributed by atoms with E-state index in [0.717, 1.165) is 18.4 Å². The lowest BCUT2D eigenvalue weighted by Gasteiger charge is -2.16. The van der Waals surface area contributed by atoms with Crippen molar-refractivity contribution in [1.29, 1.82) is 0 Å². The minimum absolute atomic E-state index is 0.240. The molecule has 0 spiro atoms. The molecule has 0 amide bonds. The van der Waals surface area contributed by atoms with Gasteiger partial charge < -0.3 is 15.2 Å². The molecule has 2 aromatic rings. The Morgan fingerprint density at radius 2 is 1.77 bits per heavy atom. The Morgan fingerprint density at radius 3 is 2.41 bits per heavy atom. The summed E-state index contributed by atoms with van der Waals surface area (Å²) >= 11 is 0. The van der Waals surface area contributed by atoms with Crippen LogP contribution in [0.15, 0.2) is 42.5 Å². The number of hydrogen-bond acceptors (Lipinski definition) is 3. The van der Waals surface area contributed by atoms with Crippen LogP contribution in [0.1, 0.15) is 24.0 Å². The third-order valence-electron chi connectivity index (χ3n) is 4.04. The van der Waals surface area contributed by atoms with Crippen LogP contribution in [0.25, 0.3) is 0 Å². The Morgan fingerprint density at radius 1 is 1.09 bits per heavy atom. The predicted octanol–water partition coefficient (Wildman–Crippen LogP) is 3.45. The van der Waals surface area contributed by atoms with Crippen LogP contribution >= 0.6 is 0 Å². The first kappa shape index (κ1) is 14.9. The molecule has 116 valence electrons. The maximum atomic E-state index is 14.7. The largest absolute Gasteiger partial charge is 0.496 e. The van der Waals surface area contributed by atoms with Gasteiger partial charge >= 0.3 is 0 Å². The molecule has 2 N–H and O–H groups in total. The lowest BCUT2D eigenvalue weighted by Crippen LogP contribution is -2.25. The van der Waals surface area contributed by atoms with E-state index in [1.807, 2.05) is 30.3 Å². The van der Waals surface area contributed by atoms with Gasteiger partial charge in [0.15, 0.2) is 11.6 Å². The van der Waals surface area contributed by atoms with Crippen LogP contribution in [-0.2, 0) is 13.0 Å². The molecule has 0 saturated heterocycles. The summed E-state index contributed by atoms with van der Waals surface area (Å²) < 4.78 is 25.6. The average molecular weight is 301 g/mol. The molecule has 1 saturated carbocycles. The number of ether oxygens (including phenoxy) is 2. The topological polar surface area (TPSA) is 44.5 Å². The second-order valence-electron chi connectivity index (χ2n) is 5.87. The zero-order valence-corrected chi connectivity index (χ0v) is 12.6. The van der Waals surface area contributed by atoms with Crippen molar-refractivity contribution in [2.75, 3.05) is 7.11 Å². The standard InChI is InChI=1S/C18H20FNO2/c1-21-15-7-8-16(22-12-13-5-3-2-4-6-13)17(19)14(15)11-18(20)9-10-18/h2-8H,9-12,20H2,1H3. The van der Waals surface area contributed by atoms with Gasteiger partial charge in [-0.3, -0.25) is 0 Å². The molecule has 22 heavy (non-hydrogen) atoms. The quantitative estimate of drug-likeness (QED) is 0.889. The van der Waals surface area contributed by atoms with Crippen LogP contribution in [0.5, 0.6) is 11.5 Å². The Balaban J connectivity index is 1.80. The lowest BCUT2D eigenvalue weighted by molar-refractivity contribution is 0.287. The molecule has 4 heteroatoms. The summed E-state index contributed by atoms with van der Waals surface area (Å²) in [5.74, 6) is 0.400. The highest BCUT2D eigenvalue weighted by molar-refractivity contribution is 5.43. The van der Waals surface area contributed by atoms with Crippen molar-refractivity contribution in [3.63, 3.8) is 0 Å². The minimum atomic E-state index is -0.369. The molecule has 0 aromatic heterocycles. The highest BCUT2D eigenvalue weighted by Gasteiger charge is 2.40. The Kier molecular flexibility index (Phi) is 4.03. The van der Waals surface area contributed by atoms with Crippen molar-refractivity contribution in [1.82, 2.24) is 0 Å². The molecule has 0 radical (unpaired) electrons. The van der Waals surface area contributed by atoms with Crippen molar-refractivity contribution < 1.29 is 13.9 Å². The van der Waals surface area contributed by atoms with Gasteiger partial charge in [0, 0.05) is 11.1 Å². The van der Waals surface area contributed by atoms with Crippen LogP contribution in [0.3, 0.4) is 0 Å². The van der Waals surface area contributed by atoms with Gasteiger partial charge in [-0.15, -0.1) is 0 Å². The van der Waals surface area contributed by atoms with Crippen LogP contribution in [0.4, 0.5) is 4.39 Å². The molecule has 3 nitrogen and oxygen atoms in total. The van der Waals surface area contributed by atoms with Crippen molar-refractivity contribution >= 4 is 0 Å². The van der Waals surface area contributed by atoms with E-state index >= 15 is 0 Å². The SMILES string of the molecule is COc1ccc(OCc2ccccc2)c(F)c1CC1(N)CC1. The Labute approximate surface area is 129 Å². The van der Waals surface area contributed by atoms with Gasteiger partial charge in [-0.25, -0.2) is 4.39 Å². The average Bonchev–Trinajstić information content (AvgIpc) is 3.26. The molecule has 0 heterocycles. The normalized spacial score (nSPS) is 15.4. The van der Waals surface area contributed by atoms with Crippen molar-refractivity contribution in [3.05, 3.63) is 59.4 Å². The fourth-order valence-electron chi connectivity index (χ4n) is 2.47. The number of methoxy groups -OCH3 is 1. The second kappa shape index (κ2) is 5.97. The van der Waals surface area contributed by atoms with E-state index in [1.54, 1.807) is 19.2 Å². The third-order valence-corrected chi connectivity index (χ3v) is 4.04. The molecule has 0 bridgehead atoms. The maximum absolute atomic E-state index is 14.7. The molecule has 0 unspecified atom stereocenters. The number of rotatable bonds is 6. The van der Waals surface area contributed by atoms with Crippen LogP contribution in [0.2, 0.25) is 0 Å². The van der Waals surface area contributed by atoms with Crippen LogP contribution in [0, 0.1) is 5.82 Å². The summed E-state index contributed by atoms with van der Waals surface area (Å²) in [6.45, 7) is 0.331. The Hall–Kier alpha value is -2.07. The number of halogens is 1. The third kappa shape index (κ3) is 3.22.